The SMILES string of the molecule is Cc1c[nH]c2nc(Nc3ccc(C(N)=O)cc3)nc(NC(C)C)c12. The summed E-state index contributed by atoms with van der Waals surface area (Å²) in [5.41, 5.74) is 8.34. The van der Waals surface area contributed by atoms with Crippen molar-refractivity contribution in [1.82, 2.24) is 15.0 Å². The molecule has 0 saturated carbocycles. The van der Waals surface area contributed by atoms with Crippen LogP contribution in [-0.2, 0) is 0 Å². The van der Waals surface area contributed by atoms with Gasteiger partial charge < -0.3 is 21.4 Å². The first kappa shape index (κ1) is 15.8. The Balaban J connectivity index is 1.95. The van der Waals surface area contributed by atoms with Gasteiger partial charge in [0.05, 0.1) is 5.39 Å². The van der Waals surface area contributed by atoms with E-state index in [1.807, 2.05) is 13.1 Å². The molecule has 3 rings (SSSR count). The average molecular weight is 324 g/mol. The van der Waals surface area contributed by atoms with Crippen LogP contribution in [0.3, 0.4) is 0 Å². The Morgan fingerprint density at radius 1 is 1.21 bits per heavy atom. The summed E-state index contributed by atoms with van der Waals surface area (Å²) in [4.78, 5) is 23.4. The van der Waals surface area contributed by atoms with E-state index in [1.54, 1.807) is 24.3 Å². The number of carbonyl (C=O) groups is 1. The molecule has 1 amide bonds. The standard InChI is InChI=1S/C17H20N6O/c1-9(2)20-16-13-10(3)8-19-15(13)22-17(23-16)21-12-6-4-11(5-7-12)14(18)24/h4-9H,1-3H3,(H2,18,24)(H3,19,20,21,22,23). The lowest BCUT2D eigenvalue weighted by Crippen LogP contribution is -2.13. The maximum atomic E-state index is 11.1. The van der Waals surface area contributed by atoms with Crippen LogP contribution >= 0.6 is 0 Å². The predicted octanol–water partition coefficient (Wildman–Crippen LogP) is 2.93. The fourth-order valence-corrected chi connectivity index (χ4v) is 2.47. The van der Waals surface area contributed by atoms with Gasteiger partial charge in [-0.2, -0.15) is 9.97 Å². The van der Waals surface area contributed by atoms with Crippen LogP contribution in [0.25, 0.3) is 11.0 Å². The summed E-state index contributed by atoms with van der Waals surface area (Å²) in [6.07, 6.45) is 1.91. The van der Waals surface area contributed by atoms with E-state index in [2.05, 4.69) is 39.4 Å². The summed E-state index contributed by atoms with van der Waals surface area (Å²) >= 11 is 0. The molecule has 0 aliphatic rings. The molecule has 2 aromatic heterocycles. The van der Waals surface area contributed by atoms with E-state index in [0.717, 1.165) is 28.1 Å². The second-order valence-corrected chi connectivity index (χ2v) is 5.96. The molecule has 0 aliphatic heterocycles. The van der Waals surface area contributed by atoms with Gasteiger partial charge in [0.2, 0.25) is 11.9 Å². The van der Waals surface area contributed by atoms with Crippen molar-refractivity contribution >= 4 is 34.4 Å². The van der Waals surface area contributed by atoms with Crippen LogP contribution in [0.4, 0.5) is 17.5 Å². The van der Waals surface area contributed by atoms with E-state index in [0.29, 0.717) is 11.5 Å². The third-order valence-electron chi connectivity index (χ3n) is 3.58. The molecule has 5 N–H and O–H groups in total. The highest BCUT2D eigenvalue weighted by Crippen LogP contribution is 2.26. The molecule has 0 spiro atoms. The number of nitrogens with one attached hydrogen (secondary N) is 3. The number of amides is 1. The first-order valence-corrected chi connectivity index (χ1v) is 7.73. The van der Waals surface area contributed by atoms with Crippen LogP contribution in [0.2, 0.25) is 0 Å². The van der Waals surface area contributed by atoms with E-state index in [1.165, 1.54) is 0 Å². The molecule has 1 aromatic carbocycles. The second kappa shape index (κ2) is 6.19. The number of carbonyl (C=O) groups excluding carboxylic acids is 1. The summed E-state index contributed by atoms with van der Waals surface area (Å²) < 4.78 is 0. The number of aromatic nitrogens is 3. The fraction of sp³-hybridized carbons (Fsp3) is 0.235. The van der Waals surface area contributed by atoms with Crippen LogP contribution in [0.1, 0.15) is 29.8 Å². The lowest BCUT2D eigenvalue weighted by molar-refractivity contribution is 0.100. The minimum Gasteiger partial charge on any atom is -0.367 e. The maximum absolute atomic E-state index is 11.1. The number of primary amides is 1. The number of aryl methyl sites for hydroxylation is 1. The first-order valence-electron chi connectivity index (χ1n) is 7.73. The molecule has 0 unspecified atom stereocenters. The maximum Gasteiger partial charge on any atom is 0.248 e. The zero-order chi connectivity index (χ0) is 17.3. The molecule has 0 fully saturated rings. The summed E-state index contributed by atoms with van der Waals surface area (Å²) in [5.74, 6) is 0.800. The topological polar surface area (TPSA) is 109 Å². The minimum absolute atomic E-state index is 0.250. The van der Waals surface area contributed by atoms with Crippen molar-refractivity contribution in [3.05, 3.63) is 41.6 Å². The van der Waals surface area contributed by atoms with E-state index >= 15 is 0 Å². The Bertz CT molecular complexity index is 882. The largest absolute Gasteiger partial charge is 0.367 e. The van der Waals surface area contributed by atoms with Gasteiger partial charge in [-0.1, -0.05) is 0 Å². The number of fused-ring (bicyclic) bond motifs is 1. The van der Waals surface area contributed by atoms with Crippen molar-refractivity contribution in [3.63, 3.8) is 0 Å². The quantitative estimate of drug-likeness (QED) is 0.577. The molecule has 0 atom stereocenters. The number of anilines is 3. The van der Waals surface area contributed by atoms with E-state index < -0.39 is 5.91 Å². The molecule has 0 aliphatic carbocycles. The van der Waals surface area contributed by atoms with Gasteiger partial charge >= 0.3 is 0 Å². The van der Waals surface area contributed by atoms with Crippen molar-refractivity contribution in [2.45, 2.75) is 26.8 Å². The van der Waals surface area contributed by atoms with Crippen LogP contribution in [0, 0.1) is 6.92 Å². The molecule has 24 heavy (non-hydrogen) atoms. The monoisotopic (exact) mass is 324 g/mol. The molecule has 3 aromatic rings. The highest BCUT2D eigenvalue weighted by atomic mass is 16.1. The van der Waals surface area contributed by atoms with Gasteiger partial charge in [-0.3, -0.25) is 4.79 Å². The van der Waals surface area contributed by atoms with Gasteiger partial charge in [0, 0.05) is 23.5 Å². The van der Waals surface area contributed by atoms with Gasteiger partial charge in [-0.25, -0.2) is 0 Å². The molecular weight excluding hydrogens is 304 g/mol. The summed E-state index contributed by atoms with van der Waals surface area (Å²) in [5, 5.41) is 7.49. The van der Waals surface area contributed by atoms with E-state index in [4.69, 9.17) is 5.73 Å². The lowest BCUT2D eigenvalue weighted by atomic mass is 10.2. The van der Waals surface area contributed by atoms with Crippen LogP contribution in [-0.4, -0.2) is 26.9 Å². The van der Waals surface area contributed by atoms with Crippen molar-refractivity contribution in [3.8, 4) is 0 Å². The molecule has 124 valence electrons. The number of hydrogen-bond donors (Lipinski definition) is 4. The highest BCUT2D eigenvalue weighted by molar-refractivity contribution is 5.93. The molecule has 0 radical (unpaired) electrons. The molecule has 0 saturated heterocycles. The summed E-state index contributed by atoms with van der Waals surface area (Å²) in [7, 11) is 0. The molecule has 7 nitrogen and oxygen atoms in total. The summed E-state index contributed by atoms with van der Waals surface area (Å²) in [6, 6.07) is 7.11. The van der Waals surface area contributed by atoms with Crippen LogP contribution in [0.15, 0.2) is 30.5 Å². The first-order chi connectivity index (χ1) is 11.4. The zero-order valence-electron chi connectivity index (χ0n) is 13.8. The van der Waals surface area contributed by atoms with Crippen molar-refractivity contribution in [1.29, 1.82) is 0 Å². The Hall–Kier alpha value is -3.09. The number of rotatable bonds is 5. The fourth-order valence-electron chi connectivity index (χ4n) is 2.47. The smallest absolute Gasteiger partial charge is 0.248 e. The van der Waals surface area contributed by atoms with Gasteiger partial charge in [-0.05, 0) is 50.6 Å². The Kier molecular flexibility index (Phi) is 4.07. The van der Waals surface area contributed by atoms with Crippen molar-refractivity contribution in [2.24, 2.45) is 5.73 Å². The third kappa shape index (κ3) is 3.15. The Morgan fingerprint density at radius 2 is 1.92 bits per heavy atom. The van der Waals surface area contributed by atoms with Gasteiger partial charge in [0.25, 0.3) is 0 Å². The zero-order valence-corrected chi connectivity index (χ0v) is 13.8. The summed E-state index contributed by atoms with van der Waals surface area (Å²) in [6.45, 7) is 6.14. The average Bonchev–Trinajstić information content (AvgIpc) is 2.89. The van der Waals surface area contributed by atoms with Gasteiger partial charge in [0.15, 0.2) is 0 Å². The van der Waals surface area contributed by atoms with Crippen LogP contribution in [0.5, 0.6) is 0 Å². The number of nitrogens with two attached hydrogens (primary N) is 1. The lowest BCUT2D eigenvalue weighted by Gasteiger charge is -2.13. The normalized spacial score (nSPS) is 11.0. The van der Waals surface area contributed by atoms with E-state index in [-0.39, 0.29) is 6.04 Å². The molecule has 2 heterocycles. The molecular formula is C17H20N6O. The van der Waals surface area contributed by atoms with Crippen molar-refractivity contribution in [2.75, 3.05) is 10.6 Å². The number of nitrogens with zero attached hydrogens (tertiary/aromatic N) is 2. The predicted molar refractivity (Wildman–Crippen MR) is 95.6 cm³/mol. The van der Waals surface area contributed by atoms with E-state index in [9.17, 15) is 4.79 Å². The second-order valence-electron chi connectivity index (χ2n) is 5.96. The van der Waals surface area contributed by atoms with Gasteiger partial charge in [0.1, 0.15) is 11.5 Å². The van der Waals surface area contributed by atoms with Gasteiger partial charge in [-0.15, -0.1) is 0 Å². The number of hydrogen-bond acceptors (Lipinski definition) is 5. The number of H-pyrrole nitrogens is 1. The van der Waals surface area contributed by atoms with Crippen LogP contribution < -0.4 is 16.4 Å². The molecule has 0 bridgehead atoms. The Morgan fingerprint density at radius 3 is 2.54 bits per heavy atom. The third-order valence-corrected chi connectivity index (χ3v) is 3.58. The number of aromatic amines is 1. The molecule has 7 heteroatoms. The highest BCUT2D eigenvalue weighted by Gasteiger charge is 2.12. The Labute approximate surface area is 139 Å². The minimum atomic E-state index is -0.454. The van der Waals surface area contributed by atoms with Crippen molar-refractivity contribution < 1.29 is 4.79 Å². The number of benzene rings is 1.